The lowest BCUT2D eigenvalue weighted by atomic mass is 9.98. The van der Waals surface area contributed by atoms with Crippen LogP contribution in [0.25, 0.3) is 0 Å². The van der Waals surface area contributed by atoms with E-state index in [2.05, 4.69) is 22.6 Å². The molecule has 1 rings (SSSR count). The zero-order chi connectivity index (χ0) is 10.4. The standard InChI is InChI=1S/C10H21N3O/c1-11-7-10(14)12-6-9-4-3-5-13(2)8-9/h9,11H,3-8H2,1-2H3,(H,12,14). The number of hydrogen-bond acceptors (Lipinski definition) is 3. The van der Waals surface area contributed by atoms with Gasteiger partial charge in [0.1, 0.15) is 0 Å². The molecule has 0 aromatic carbocycles. The van der Waals surface area contributed by atoms with Gasteiger partial charge in [-0.15, -0.1) is 0 Å². The van der Waals surface area contributed by atoms with Crippen molar-refractivity contribution in [1.82, 2.24) is 15.5 Å². The summed E-state index contributed by atoms with van der Waals surface area (Å²) in [6, 6.07) is 0. The molecule has 0 spiro atoms. The Kier molecular flexibility index (Phi) is 4.90. The number of hydrogen-bond donors (Lipinski definition) is 2. The molecule has 1 unspecified atom stereocenters. The van der Waals surface area contributed by atoms with E-state index in [0.29, 0.717) is 12.5 Å². The molecule has 4 heteroatoms. The molecule has 82 valence electrons. The van der Waals surface area contributed by atoms with Crippen LogP contribution >= 0.6 is 0 Å². The largest absolute Gasteiger partial charge is 0.355 e. The van der Waals surface area contributed by atoms with Gasteiger partial charge in [0.05, 0.1) is 6.54 Å². The summed E-state index contributed by atoms with van der Waals surface area (Å²) in [5.74, 6) is 0.732. The second kappa shape index (κ2) is 5.98. The van der Waals surface area contributed by atoms with Gasteiger partial charge in [-0.2, -0.15) is 0 Å². The Morgan fingerprint density at radius 1 is 1.57 bits per heavy atom. The molecule has 1 amide bonds. The van der Waals surface area contributed by atoms with Crippen LogP contribution in [0.4, 0.5) is 0 Å². The predicted octanol–water partition coefficient (Wildman–Crippen LogP) is -0.336. The average Bonchev–Trinajstić information content (AvgIpc) is 2.15. The van der Waals surface area contributed by atoms with Crippen LogP contribution in [0, 0.1) is 5.92 Å². The number of likely N-dealkylation sites (tertiary alicyclic amines) is 1. The van der Waals surface area contributed by atoms with Crippen LogP contribution in [-0.2, 0) is 4.79 Å². The number of nitrogens with zero attached hydrogens (tertiary/aromatic N) is 1. The van der Waals surface area contributed by atoms with Gasteiger partial charge in [0.15, 0.2) is 0 Å². The minimum absolute atomic E-state index is 0.0979. The lowest BCUT2D eigenvalue weighted by Gasteiger charge is -2.29. The number of carbonyl (C=O) groups is 1. The average molecular weight is 199 g/mol. The molecule has 2 N–H and O–H groups in total. The summed E-state index contributed by atoms with van der Waals surface area (Å²) in [5.41, 5.74) is 0. The third kappa shape index (κ3) is 4.07. The van der Waals surface area contributed by atoms with E-state index in [1.807, 2.05) is 0 Å². The summed E-state index contributed by atoms with van der Waals surface area (Å²) >= 11 is 0. The van der Waals surface area contributed by atoms with Crippen LogP contribution in [0.2, 0.25) is 0 Å². The van der Waals surface area contributed by atoms with Crippen LogP contribution in [0.15, 0.2) is 0 Å². The molecule has 14 heavy (non-hydrogen) atoms. The van der Waals surface area contributed by atoms with Gasteiger partial charge in [0, 0.05) is 13.1 Å². The Labute approximate surface area is 86.0 Å². The maximum Gasteiger partial charge on any atom is 0.233 e. The number of rotatable bonds is 4. The first-order valence-corrected chi connectivity index (χ1v) is 5.32. The van der Waals surface area contributed by atoms with Crippen molar-refractivity contribution in [3.63, 3.8) is 0 Å². The highest BCUT2D eigenvalue weighted by molar-refractivity contribution is 5.77. The van der Waals surface area contributed by atoms with E-state index in [0.717, 1.165) is 13.1 Å². The van der Waals surface area contributed by atoms with Crippen molar-refractivity contribution in [3.05, 3.63) is 0 Å². The molecule has 0 aromatic rings. The van der Waals surface area contributed by atoms with E-state index in [-0.39, 0.29) is 5.91 Å². The molecular weight excluding hydrogens is 178 g/mol. The number of likely N-dealkylation sites (N-methyl/N-ethyl adjacent to an activating group) is 1. The second-order valence-corrected chi connectivity index (χ2v) is 4.10. The fourth-order valence-electron chi connectivity index (χ4n) is 1.92. The molecule has 1 heterocycles. The zero-order valence-corrected chi connectivity index (χ0v) is 9.18. The van der Waals surface area contributed by atoms with E-state index in [9.17, 15) is 4.79 Å². The van der Waals surface area contributed by atoms with Gasteiger partial charge >= 0.3 is 0 Å². The minimum Gasteiger partial charge on any atom is -0.355 e. The molecule has 0 saturated carbocycles. The molecule has 4 nitrogen and oxygen atoms in total. The predicted molar refractivity (Wildman–Crippen MR) is 57.2 cm³/mol. The Morgan fingerprint density at radius 3 is 3.00 bits per heavy atom. The van der Waals surface area contributed by atoms with Crippen LogP contribution in [0.1, 0.15) is 12.8 Å². The smallest absolute Gasteiger partial charge is 0.233 e. The van der Waals surface area contributed by atoms with Gasteiger partial charge in [-0.25, -0.2) is 0 Å². The molecule has 1 atom stereocenters. The fraction of sp³-hybridized carbons (Fsp3) is 0.900. The lowest BCUT2D eigenvalue weighted by Crippen LogP contribution is -2.41. The zero-order valence-electron chi connectivity index (χ0n) is 9.18. The van der Waals surface area contributed by atoms with E-state index in [1.54, 1.807) is 7.05 Å². The molecule has 0 radical (unpaired) electrons. The first-order chi connectivity index (χ1) is 6.72. The minimum atomic E-state index is 0.0979. The molecule has 1 saturated heterocycles. The molecular formula is C10H21N3O. The van der Waals surface area contributed by atoms with Crippen molar-refractivity contribution < 1.29 is 4.79 Å². The van der Waals surface area contributed by atoms with Gasteiger partial charge in [0.25, 0.3) is 0 Å². The first kappa shape index (κ1) is 11.5. The maximum atomic E-state index is 11.2. The monoisotopic (exact) mass is 199 g/mol. The van der Waals surface area contributed by atoms with Crippen LogP contribution in [0.3, 0.4) is 0 Å². The highest BCUT2D eigenvalue weighted by atomic mass is 16.1. The van der Waals surface area contributed by atoms with Crippen molar-refractivity contribution in [2.24, 2.45) is 5.92 Å². The van der Waals surface area contributed by atoms with E-state index in [1.165, 1.54) is 19.4 Å². The number of carbonyl (C=O) groups excluding carboxylic acids is 1. The van der Waals surface area contributed by atoms with Gasteiger partial charge in [-0.3, -0.25) is 4.79 Å². The van der Waals surface area contributed by atoms with Crippen molar-refractivity contribution in [3.8, 4) is 0 Å². The first-order valence-electron chi connectivity index (χ1n) is 5.32. The highest BCUT2D eigenvalue weighted by Gasteiger charge is 2.17. The van der Waals surface area contributed by atoms with Gasteiger partial charge in [-0.05, 0) is 39.4 Å². The molecule has 1 fully saturated rings. The number of nitrogens with one attached hydrogen (secondary N) is 2. The van der Waals surface area contributed by atoms with Crippen molar-refractivity contribution in [2.45, 2.75) is 12.8 Å². The molecule has 0 aliphatic carbocycles. The van der Waals surface area contributed by atoms with E-state index >= 15 is 0 Å². The van der Waals surface area contributed by atoms with Crippen LogP contribution in [0.5, 0.6) is 0 Å². The second-order valence-electron chi connectivity index (χ2n) is 4.10. The molecule has 0 bridgehead atoms. The fourth-order valence-corrected chi connectivity index (χ4v) is 1.92. The third-order valence-electron chi connectivity index (χ3n) is 2.65. The Bertz CT molecular complexity index is 184. The third-order valence-corrected chi connectivity index (χ3v) is 2.65. The topological polar surface area (TPSA) is 44.4 Å². The summed E-state index contributed by atoms with van der Waals surface area (Å²) in [5, 5.41) is 5.79. The van der Waals surface area contributed by atoms with Crippen LogP contribution in [-0.4, -0.2) is 51.1 Å². The van der Waals surface area contributed by atoms with E-state index < -0.39 is 0 Å². The Balaban J connectivity index is 2.14. The maximum absolute atomic E-state index is 11.2. The van der Waals surface area contributed by atoms with Crippen molar-refractivity contribution in [2.75, 3.05) is 40.3 Å². The SMILES string of the molecule is CNCC(=O)NCC1CCCN(C)C1. The summed E-state index contributed by atoms with van der Waals surface area (Å²) in [4.78, 5) is 13.5. The quantitative estimate of drug-likeness (QED) is 0.651. The number of amides is 1. The molecule has 1 aliphatic heterocycles. The highest BCUT2D eigenvalue weighted by Crippen LogP contribution is 2.13. The summed E-state index contributed by atoms with van der Waals surface area (Å²) in [6.07, 6.45) is 2.49. The van der Waals surface area contributed by atoms with Gasteiger partial charge in [0.2, 0.25) is 5.91 Å². The van der Waals surface area contributed by atoms with Crippen molar-refractivity contribution >= 4 is 5.91 Å². The van der Waals surface area contributed by atoms with Crippen molar-refractivity contribution in [1.29, 1.82) is 0 Å². The molecule has 1 aliphatic rings. The van der Waals surface area contributed by atoms with Crippen LogP contribution < -0.4 is 10.6 Å². The summed E-state index contributed by atoms with van der Waals surface area (Å²) in [7, 11) is 3.93. The number of piperidine rings is 1. The normalized spacial score (nSPS) is 23.4. The lowest BCUT2D eigenvalue weighted by molar-refractivity contribution is -0.120. The Hall–Kier alpha value is -0.610. The van der Waals surface area contributed by atoms with E-state index in [4.69, 9.17) is 0 Å². The summed E-state index contributed by atoms with van der Waals surface area (Å²) in [6.45, 7) is 3.55. The van der Waals surface area contributed by atoms with Gasteiger partial charge < -0.3 is 15.5 Å². The van der Waals surface area contributed by atoms with Gasteiger partial charge in [-0.1, -0.05) is 0 Å². The summed E-state index contributed by atoms with van der Waals surface area (Å²) < 4.78 is 0. The molecule has 0 aromatic heterocycles. The Morgan fingerprint density at radius 2 is 2.36 bits per heavy atom.